The smallest absolute Gasteiger partial charge is 0.335 e. The monoisotopic (exact) mass is 461 g/mol. The SMILES string of the molecule is Cc1ccc(COc2ccc([C@@H]3Nc4ccc(C(=O)O)cc4[C@H]4c5ccccc5C[C@H]43)cc2)cc1. The van der Waals surface area contributed by atoms with Crippen molar-refractivity contribution in [2.75, 3.05) is 5.32 Å². The Balaban J connectivity index is 1.29. The largest absolute Gasteiger partial charge is 0.489 e. The lowest BCUT2D eigenvalue weighted by atomic mass is 9.75. The molecule has 0 amide bonds. The van der Waals surface area contributed by atoms with Crippen LogP contribution in [0.15, 0.2) is 91.0 Å². The molecule has 0 aromatic heterocycles. The lowest BCUT2D eigenvalue weighted by Gasteiger charge is -2.38. The lowest BCUT2D eigenvalue weighted by Crippen LogP contribution is -2.30. The molecule has 0 spiro atoms. The van der Waals surface area contributed by atoms with Gasteiger partial charge < -0.3 is 15.2 Å². The predicted molar refractivity (Wildman–Crippen MR) is 137 cm³/mol. The average Bonchev–Trinajstić information content (AvgIpc) is 3.28. The highest BCUT2D eigenvalue weighted by Gasteiger charge is 2.43. The van der Waals surface area contributed by atoms with Crippen molar-refractivity contribution < 1.29 is 14.6 Å². The summed E-state index contributed by atoms with van der Waals surface area (Å²) in [4.78, 5) is 11.7. The van der Waals surface area contributed by atoms with Gasteiger partial charge in [0.2, 0.25) is 0 Å². The Hall–Kier alpha value is -4.05. The molecule has 4 aromatic rings. The topological polar surface area (TPSA) is 58.6 Å². The summed E-state index contributed by atoms with van der Waals surface area (Å²) in [5.74, 6) is 0.439. The highest BCUT2D eigenvalue weighted by Crippen LogP contribution is 2.54. The first kappa shape index (κ1) is 21.5. The molecule has 0 radical (unpaired) electrons. The van der Waals surface area contributed by atoms with Crippen LogP contribution < -0.4 is 10.1 Å². The van der Waals surface area contributed by atoms with Gasteiger partial charge in [-0.15, -0.1) is 0 Å². The Kier molecular flexibility index (Phi) is 5.29. The molecule has 1 heterocycles. The number of benzene rings is 4. The van der Waals surface area contributed by atoms with Crippen LogP contribution in [-0.2, 0) is 13.0 Å². The molecule has 1 aliphatic heterocycles. The van der Waals surface area contributed by atoms with E-state index in [1.54, 1.807) is 6.07 Å². The Bertz CT molecular complexity index is 1390. The fourth-order valence-corrected chi connectivity index (χ4v) is 5.65. The summed E-state index contributed by atoms with van der Waals surface area (Å²) >= 11 is 0. The van der Waals surface area contributed by atoms with E-state index in [0.29, 0.717) is 18.1 Å². The minimum absolute atomic E-state index is 0.127. The average molecular weight is 462 g/mol. The predicted octanol–water partition coefficient (Wildman–Crippen LogP) is 6.74. The van der Waals surface area contributed by atoms with E-state index in [9.17, 15) is 9.90 Å². The maximum atomic E-state index is 11.7. The molecular formula is C31H27NO3. The number of carboxylic acids is 1. The van der Waals surface area contributed by atoms with Crippen LogP contribution in [0.2, 0.25) is 0 Å². The molecule has 0 saturated heterocycles. The zero-order valence-electron chi connectivity index (χ0n) is 19.6. The third kappa shape index (κ3) is 3.95. The fraction of sp³-hybridized carbons (Fsp3) is 0.194. The number of hydrogen-bond acceptors (Lipinski definition) is 3. The van der Waals surface area contributed by atoms with Crippen molar-refractivity contribution in [2.24, 2.45) is 5.92 Å². The van der Waals surface area contributed by atoms with Gasteiger partial charge in [-0.05, 0) is 77.4 Å². The van der Waals surface area contributed by atoms with Crippen molar-refractivity contribution >= 4 is 11.7 Å². The molecule has 2 N–H and O–H groups in total. The van der Waals surface area contributed by atoms with Crippen LogP contribution in [0.3, 0.4) is 0 Å². The van der Waals surface area contributed by atoms with Gasteiger partial charge in [0.15, 0.2) is 0 Å². The molecule has 0 saturated carbocycles. The molecule has 6 rings (SSSR count). The first-order valence-corrected chi connectivity index (χ1v) is 12.1. The number of ether oxygens (including phenoxy) is 1. The van der Waals surface area contributed by atoms with E-state index in [1.165, 1.54) is 22.3 Å². The number of carboxylic acid groups (broad SMARTS) is 1. The van der Waals surface area contributed by atoms with Gasteiger partial charge in [-0.3, -0.25) is 0 Å². The number of rotatable bonds is 5. The molecule has 4 nitrogen and oxygen atoms in total. The van der Waals surface area contributed by atoms with Crippen molar-refractivity contribution in [3.63, 3.8) is 0 Å². The van der Waals surface area contributed by atoms with E-state index in [-0.39, 0.29) is 12.0 Å². The first-order chi connectivity index (χ1) is 17.1. The van der Waals surface area contributed by atoms with Crippen LogP contribution in [0.25, 0.3) is 0 Å². The van der Waals surface area contributed by atoms with E-state index in [1.807, 2.05) is 24.3 Å². The molecule has 2 aliphatic rings. The molecule has 0 unspecified atom stereocenters. The number of aromatic carboxylic acids is 1. The molecule has 3 atom stereocenters. The van der Waals surface area contributed by atoms with Gasteiger partial charge in [0.25, 0.3) is 0 Å². The van der Waals surface area contributed by atoms with Gasteiger partial charge in [-0.2, -0.15) is 0 Å². The number of aryl methyl sites for hydroxylation is 1. The van der Waals surface area contributed by atoms with Crippen LogP contribution in [0.5, 0.6) is 5.75 Å². The minimum Gasteiger partial charge on any atom is -0.489 e. The Morgan fingerprint density at radius 2 is 1.71 bits per heavy atom. The summed E-state index contributed by atoms with van der Waals surface area (Å²) < 4.78 is 6.03. The number of fused-ring (bicyclic) bond motifs is 5. The summed E-state index contributed by atoms with van der Waals surface area (Å²) in [6.07, 6.45) is 0.959. The number of anilines is 1. The maximum absolute atomic E-state index is 11.7. The number of carbonyl (C=O) groups is 1. The second kappa shape index (κ2) is 8.62. The normalized spacial score (nSPS) is 19.7. The first-order valence-electron chi connectivity index (χ1n) is 12.1. The van der Waals surface area contributed by atoms with Gasteiger partial charge in [-0.1, -0.05) is 66.2 Å². The summed E-state index contributed by atoms with van der Waals surface area (Å²) in [7, 11) is 0. The van der Waals surface area contributed by atoms with Crippen LogP contribution in [0.1, 0.15) is 55.7 Å². The van der Waals surface area contributed by atoms with Crippen LogP contribution in [0.4, 0.5) is 5.69 Å². The molecule has 174 valence electrons. The third-order valence-corrected chi connectivity index (χ3v) is 7.41. The van der Waals surface area contributed by atoms with E-state index >= 15 is 0 Å². The lowest BCUT2D eigenvalue weighted by molar-refractivity contribution is 0.0696. The van der Waals surface area contributed by atoms with Gasteiger partial charge >= 0.3 is 5.97 Å². The molecular weight excluding hydrogens is 434 g/mol. The van der Waals surface area contributed by atoms with Crippen LogP contribution in [0, 0.1) is 12.8 Å². The number of nitrogens with one attached hydrogen (secondary N) is 1. The van der Waals surface area contributed by atoms with Crippen molar-refractivity contribution in [3.05, 3.63) is 130 Å². The fourth-order valence-electron chi connectivity index (χ4n) is 5.65. The van der Waals surface area contributed by atoms with Gasteiger partial charge in [0, 0.05) is 11.6 Å². The highest BCUT2D eigenvalue weighted by molar-refractivity contribution is 5.89. The molecule has 1 aliphatic carbocycles. The molecule has 4 heteroatoms. The third-order valence-electron chi connectivity index (χ3n) is 7.41. The quantitative estimate of drug-likeness (QED) is 0.345. The Morgan fingerprint density at radius 3 is 2.49 bits per heavy atom. The van der Waals surface area contributed by atoms with E-state index in [0.717, 1.165) is 29.0 Å². The zero-order chi connectivity index (χ0) is 23.9. The van der Waals surface area contributed by atoms with Crippen LogP contribution >= 0.6 is 0 Å². The van der Waals surface area contributed by atoms with Crippen molar-refractivity contribution in [1.29, 1.82) is 0 Å². The minimum atomic E-state index is -0.890. The number of hydrogen-bond donors (Lipinski definition) is 2. The highest BCUT2D eigenvalue weighted by atomic mass is 16.5. The molecule has 0 bridgehead atoms. The van der Waals surface area contributed by atoms with Crippen molar-refractivity contribution in [1.82, 2.24) is 0 Å². The van der Waals surface area contributed by atoms with Crippen molar-refractivity contribution in [2.45, 2.75) is 31.9 Å². The second-order valence-corrected chi connectivity index (χ2v) is 9.62. The molecule has 35 heavy (non-hydrogen) atoms. The van der Waals surface area contributed by atoms with Crippen LogP contribution in [-0.4, -0.2) is 11.1 Å². The Labute approximate surface area is 205 Å². The molecule has 0 fully saturated rings. The van der Waals surface area contributed by atoms with Crippen molar-refractivity contribution in [3.8, 4) is 5.75 Å². The summed E-state index contributed by atoms with van der Waals surface area (Å²) in [5.41, 5.74) is 8.69. The van der Waals surface area contributed by atoms with Gasteiger partial charge in [0.05, 0.1) is 11.6 Å². The van der Waals surface area contributed by atoms with Gasteiger partial charge in [0.1, 0.15) is 12.4 Å². The standard InChI is InChI=1S/C31H27NO3/c1-19-6-8-20(9-7-19)18-35-24-13-10-21(11-14-24)30-27-16-22-4-2-3-5-25(22)29(27)26-17-23(31(33)34)12-15-28(26)32-30/h2-15,17,27,29-30,32H,16,18H2,1H3,(H,33,34)/t27-,29-,30+/m1/s1. The van der Waals surface area contributed by atoms with Gasteiger partial charge in [-0.25, -0.2) is 4.79 Å². The van der Waals surface area contributed by atoms with E-state index in [4.69, 9.17) is 4.74 Å². The Morgan fingerprint density at radius 1 is 0.943 bits per heavy atom. The van der Waals surface area contributed by atoms with E-state index < -0.39 is 5.97 Å². The van der Waals surface area contributed by atoms with E-state index in [2.05, 4.69) is 72.9 Å². The maximum Gasteiger partial charge on any atom is 0.335 e. The summed E-state index contributed by atoms with van der Waals surface area (Å²) in [6.45, 7) is 2.63. The second-order valence-electron chi connectivity index (χ2n) is 9.62. The molecule has 4 aromatic carbocycles. The summed E-state index contributed by atoms with van der Waals surface area (Å²) in [6, 6.07) is 31.0. The zero-order valence-corrected chi connectivity index (χ0v) is 19.6. The summed E-state index contributed by atoms with van der Waals surface area (Å²) in [5, 5.41) is 13.3.